The number of aromatic hydroxyl groups is 1. The lowest BCUT2D eigenvalue weighted by Gasteiger charge is -1.95. The molecule has 0 saturated carbocycles. The van der Waals surface area contributed by atoms with Crippen molar-refractivity contribution in [2.45, 2.75) is 0 Å². The average molecular weight is 182 g/mol. The molecule has 6 heteroatoms. The largest absolute Gasteiger partial charge is 0.502 e. The maximum absolute atomic E-state index is 10.3. The highest BCUT2D eigenvalue weighted by Gasteiger charge is 2.12. The Hall–Kier alpha value is -2.11. The molecule has 0 fully saturated rings. The highest BCUT2D eigenvalue weighted by atomic mass is 16.6. The zero-order valence-electron chi connectivity index (χ0n) is 6.41. The van der Waals surface area contributed by atoms with Crippen molar-refractivity contribution in [3.05, 3.63) is 33.9 Å². The molecule has 0 aliphatic rings. The molecule has 0 aliphatic heterocycles. The lowest BCUT2D eigenvalue weighted by Crippen LogP contribution is -1.90. The smallest absolute Gasteiger partial charge is 0.311 e. The van der Waals surface area contributed by atoms with Crippen molar-refractivity contribution in [3.63, 3.8) is 0 Å². The molecule has 1 aromatic carbocycles. The number of phenols is 1. The quantitative estimate of drug-likeness (QED) is 0.310. The fourth-order valence-electron chi connectivity index (χ4n) is 0.834. The van der Waals surface area contributed by atoms with Gasteiger partial charge in [0, 0.05) is 11.6 Å². The Morgan fingerprint density at radius 2 is 2.23 bits per heavy atom. The molecule has 0 aliphatic carbocycles. The number of benzene rings is 1. The van der Waals surface area contributed by atoms with Gasteiger partial charge in [0.25, 0.3) is 0 Å². The first-order chi connectivity index (χ1) is 6.15. The van der Waals surface area contributed by atoms with Crippen molar-refractivity contribution < 1.29 is 15.2 Å². The summed E-state index contributed by atoms with van der Waals surface area (Å²) in [7, 11) is 0. The van der Waals surface area contributed by atoms with Gasteiger partial charge in [-0.3, -0.25) is 10.1 Å². The minimum absolute atomic E-state index is 0.340. The molecule has 0 unspecified atom stereocenters. The summed E-state index contributed by atoms with van der Waals surface area (Å²) in [6, 6.07) is 3.66. The van der Waals surface area contributed by atoms with Crippen LogP contribution in [0.2, 0.25) is 0 Å². The number of nitro benzene ring substituents is 1. The van der Waals surface area contributed by atoms with Crippen LogP contribution in [-0.4, -0.2) is 21.5 Å². The van der Waals surface area contributed by atoms with Gasteiger partial charge < -0.3 is 10.3 Å². The Morgan fingerprint density at radius 1 is 1.54 bits per heavy atom. The van der Waals surface area contributed by atoms with Crippen LogP contribution in [0, 0.1) is 10.1 Å². The molecule has 1 rings (SSSR count). The second kappa shape index (κ2) is 3.53. The topological polar surface area (TPSA) is 96.0 Å². The summed E-state index contributed by atoms with van der Waals surface area (Å²) in [5, 5.41) is 30.2. The lowest BCUT2D eigenvalue weighted by molar-refractivity contribution is -0.385. The Kier molecular flexibility index (Phi) is 2.44. The summed E-state index contributed by atoms with van der Waals surface area (Å²) >= 11 is 0. The van der Waals surface area contributed by atoms with Crippen LogP contribution in [0.3, 0.4) is 0 Å². The molecule has 0 amide bonds. The summed E-state index contributed by atoms with van der Waals surface area (Å²) in [6.07, 6.45) is 1.03. The zero-order chi connectivity index (χ0) is 9.84. The van der Waals surface area contributed by atoms with Gasteiger partial charge in [0.2, 0.25) is 0 Å². The summed E-state index contributed by atoms with van der Waals surface area (Å²) in [5.74, 6) is -0.417. The van der Waals surface area contributed by atoms with E-state index in [4.69, 9.17) is 10.3 Å². The molecule has 0 bridgehead atoms. The van der Waals surface area contributed by atoms with Crippen LogP contribution in [0.4, 0.5) is 5.69 Å². The van der Waals surface area contributed by atoms with E-state index >= 15 is 0 Å². The number of oxime groups is 1. The number of phenolic OH excluding ortho intramolecular Hbond substituents is 1. The minimum Gasteiger partial charge on any atom is -0.502 e. The number of hydrogen-bond donors (Lipinski definition) is 2. The van der Waals surface area contributed by atoms with E-state index in [1.807, 2.05) is 0 Å². The maximum Gasteiger partial charge on any atom is 0.311 e. The van der Waals surface area contributed by atoms with Crippen LogP contribution < -0.4 is 0 Å². The Bertz CT molecular complexity index is 362. The summed E-state index contributed by atoms with van der Waals surface area (Å²) in [4.78, 5) is 9.60. The molecule has 6 nitrogen and oxygen atoms in total. The lowest BCUT2D eigenvalue weighted by atomic mass is 10.2. The molecule has 68 valence electrons. The Morgan fingerprint density at radius 3 is 2.77 bits per heavy atom. The van der Waals surface area contributed by atoms with Crippen molar-refractivity contribution in [1.82, 2.24) is 0 Å². The van der Waals surface area contributed by atoms with E-state index in [0.717, 1.165) is 18.3 Å². The number of rotatable bonds is 2. The molecule has 2 N–H and O–H groups in total. The van der Waals surface area contributed by atoms with Gasteiger partial charge in [-0.2, -0.15) is 0 Å². The van der Waals surface area contributed by atoms with E-state index in [-0.39, 0.29) is 0 Å². The molecule has 0 radical (unpaired) electrons. The number of hydrogen-bond acceptors (Lipinski definition) is 5. The first kappa shape index (κ1) is 8.98. The first-order valence-corrected chi connectivity index (χ1v) is 3.30. The predicted octanol–water partition coefficient (Wildman–Crippen LogP) is 1.11. The van der Waals surface area contributed by atoms with Crippen molar-refractivity contribution in [2.75, 3.05) is 0 Å². The molecular weight excluding hydrogens is 176 g/mol. The highest BCUT2D eigenvalue weighted by molar-refractivity contribution is 5.80. The van der Waals surface area contributed by atoms with Crippen molar-refractivity contribution in [2.24, 2.45) is 5.16 Å². The van der Waals surface area contributed by atoms with Crippen molar-refractivity contribution >= 4 is 11.9 Å². The zero-order valence-corrected chi connectivity index (χ0v) is 6.41. The third-order valence-electron chi connectivity index (χ3n) is 1.40. The maximum atomic E-state index is 10.3. The molecule has 0 atom stereocenters. The second-order valence-electron chi connectivity index (χ2n) is 2.25. The minimum atomic E-state index is -0.718. The van der Waals surface area contributed by atoms with Crippen LogP contribution in [-0.2, 0) is 0 Å². The van der Waals surface area contributed by atoms with Gasteiger partial charge in [-0.1, -0.05) is 5.16 Å². The fourth-order valence-corrected chi connectivity index (χ4v) is 0.834. The average Bonchev–Trinajstić information content (AvgIpc) is 2.08. The van der Waals surface area contributed by atoms with Crippen LogP contribution >= 0.6 is 0 Å². The molecule has 0 heterocycles. The summed E-state index contributed by atoms with van der Waals surface area (Å²) in [6.45, 7) is 0. The summed E-state index contributed by atoms with van der Waals surface area (Å²) in [5.41, 5.74) is -0.0793. The summed E-state index contributed by atoms with van der Waals surface area (Å²) < 4.78 is 0. The second-order valence-corrected chi connectivity index (χ2v) is 2.25. The number of nitrogens with zero attached hydrogens (tertiary/aromatic N) is 2. The molecule has 0 saturated heterocycles. The highest BCUT2D eigenvalue weighted by Crippen LogP contribution is 2.25. The van der Waals surface area contributed by atoms with Crippen molar-refractivity contribution in [3.8, 4) is 5.75 Å². The van der Waals surface area contributed by atoms with Gasteiger partial charge in [0.15, 0.2) is 5.75 Å². The van der Waals surface area contributed by atoms with E-state index < -0.39 is 16.4 Å². The van der Waals surface area contributed by atoms with Gasteiger partial charge in [-0.15, -0.1) is 0 Å². The van der Waals surface area contributed by atoms with Gasteiger partial charge >= 0.3 is 5.69 Å². The van der Waals surface area contributed by atoms with Crippen LogP contribution in [0.25, 0.3) is 0 Å². The third-order valence-corrected chi connectivity index (χ3v) is 1.40. The Balaban J connectivity index is 3.18. The van der Waals surface area contributed by atoms with Crippen LogP contribution in [0.5, 0.6) is 5.75 Å². The van der Waals surface area contributed by atoms with E-state index in [1.165, 1.54) is 6.07 Å². The molecular formula is C7H6N2O4. The van der Waals surface area contributed by atoms with Crippen molar-refractivity contribution in [1.29, 1.82) is 0 Å². The predicted molar refractivity (Wildman–Crippen MR) is 44.1 cm³/mol. The normalized spacial score (nSPS) is 10.5. The third kappa shape index (κ3) is 1.92. The molecule has 13 heavy (non-hydrogen) atoms. The van der Waals surface area contributed by atoms with Gasteiger partial charge in [-0.05, 0) is 12.1 Å². The Labute approximate surface area is 72.9 Å². The van der Waals surface area contributed by atoms with Crippen LogP contribution in [0.1, 0.15) is 5.56 Å². The number of nitro groups is 1. The first-order valence-electron chi connectivity index (χ1n) is 3.30. The van der Waals surface area contributed by atoms with E-state index in [1.54, 1.807) is 0 Å². The monoisotopic (exact) mass is 182 g/mol. The molecule has 0 aromatic heterocycles. The van der Waals surface area contributed by atoms with Gasteiger partial charge in [0.05, 0.1) is 11.1 Å². The molecule has 0 spiro atoms. The van der Waals surface area contributed by atoms with Gasteiger partial charge in [0.1, 0.15) is 0 Å². The van der Waals surface area contributed by atoms with Crippen LogP contribution in [0.15, 0.2) is 23.4 Å². The molecule has 1 aromatic rings. The van der Waals surface area contributed by atoms with E-state index in [2.05, 4.69) is 5.16 Å². The van der Waals surface area contributed by atoms with E-state index in [0.29, 0.717) is 5.56 Å². The SMILES string of the molecule is O=[N+]([O-])c1cc(/C=N/O)ccc1O. The standard InChI is InChI=1S/C7H6N2O4/c10-7-2-1-5(4-8-11)3-6(7)9(12)13/h1-4,10-11H/b8-4+. The fraction of sp³-hybridized carbons (Fsp3) is 0. The van der Waals surface area contributed by atoms with Gasteiger partial charge in [-0.25, -0.2) is 0 Å². The van der Waals surface area contributed by atoms with E-state index in [9.17, 15) is 10.1 Å².